The van der Waals surface area contributed by atoms with Crippen molar-refractivity contribution in [3.05, 3.63) is 18.0 Å². The summed E-state index contributed by atoms with van der Waals surface area (Å²) >= 11 is 0. The van der Waals surface area contributed by atoms with Crippen molar-refractivity contribution >= 4 is 0 Å². The van der Waals surface area contributed by atoms with Crippen LogP contribution in [0, 0.1) is 11.5 Å². The Morgan fingerprint density at radius 2 is 2.19 bits per heavy atom. The molecule has 2 saturated carbocycles. The molecular formula is C17H27N2O2. The molecule has 1 heterocycles. The highest BCUT2D eigenvalue weighted by atomic mass is 16.5. The highest BCUT2D eigenvalue weighted by molar-refractivity contribution is 5.10. The highest BCUT2D eigenvalue weighted by Crippen LogP contribution is 2.53. The van der Waals surface area contributed by atoms with Crippen molar-refractivity contribution in [3.8, 4) is 0 Å². The van der Waals surface area contributed by atoms with Gasteiger partial charge in [0.2, 0.25) is 0 Å². The smallest absolute Gasteiger partial charge is 0.0732 e. The lowest BCUT2D eigenvalue weighted by Crippen LogP contribution is -2.40. The molecule has 2 unspecified atom stereocenters. The predicted octanol–water partition coefficient (Wildman–Crippen LogP) is 3.46. The van der Waals surface area contributed by atoms with Crippen molar-refractivity contribution in [2.75, 3.05) is 20.3 Å². The molecule has 0 aromatic carbocycles. The quantitative estimate of drug-likeness (QED) is 0.816. The zero-order chi connectivity index (χ0) is 14.5. The van der Waals surface area contributed by atoms with E-state index < -0.39 is 0 Å². The van der Waals surface area contributed by atoms with Gasteiger partial charge in [0, 0.05) is 38.5 Å². The summed E-state index contributed by atoms with van der Waals surface area (Å²) in [6, 6.07) is 3.26. The minimum atomic E-state index is 0.392. The summed E-state index contributed by atoms with van der Waals surface area (Å²) in [6.45, 7) is 1.63. The van der Waals surface area contributed by atoms with Crippen LogP contribution in [0.1, 0.15) is 63.0 Å². The number of aromatic nitrogens is 2. The van der Waals surface area contributed by atoms with Gasteiger partial charge in [-0.2, -0.15) is 5.10 Å². The van der Waals surface area contributed by atoms with Crippen LogP contribution in [0.4, 0.5) is 0 Å². The lowest BCUT2D eigenvalue weighted by molar-refractivity contribution is -0.0736. The Morgan fingerprint density at radius 1 is 1.33 bits per heavy atom. The fourth-order valence-corrected chi connectivity index (χ4v) is 4.36. The Hall–Kier alpha value is -0.870. The van der Waals surface area contributed by atoms with Crippen molar-refractivity contribution in [1.82, 2.24) is 10.2 Å². The molecule has 1 aromatic heterocycles. The van der Waals surface area contributed by atoms with E-state index in [9.17, 15) is 0 Å². The number of hydrogen-bond donors (Lipinski definition) is 1. The van der Waals surface area contributed by atoms with E-state index in [4.69, 9.17) is 9.47 Å². The van der Waals surface area contributed by atoms with Crippen molar-refractivity contribution < 1.29 is 9.47 Å². The van der Waals surface area contributed by atoms with E-state index >= 15 is 0 Å². The number of methoxy groups -OCH3 is 1. The maximum Gasteiger partial charge on any atom is 0.0732 e. The van der Waals surface area contributed by atoms with Gasteiger partial charge >= 0.3 is 0 Å². The summed E-state index contributed by atoms with van der Waals surface area (Å²) in [5.41, 5.74) is 1.52. The van der Waals surface area contributed by atoms with Crippen LogP contribution in [0.15, 0.2) is 6.20 Å². The standard InChI is InChI=1S/C17H27N2O2/c1-20-11-4-12-21-16-6-5-14(15-7-10-18-19-15)13-17(16)8-2-3-9-17/h10,14,16H,2-6,8-9,11-13H2,1H3,(H,18,19). The van der Waals surface area contributed by atoms with Crippen molar-refractivity contribution in [3.63, 3.8) is 0 Å². The van der Waals surface area contributed by atoms with Crippen molar-refractivity contribution in [2.24, 2.45) is 5.41 Å². The van der Waals surface area contributed by atoms with Crippen LogP contribution in [0.5, 0.6) is 0 Å². The predicted molar refractivity (Wildman–Crippen MR) is 81.1 cm³/mol. The van der Waals surface area contributed by atoms with Crippen LogP contribution in [0.2, 0.25) is 0 Å². The van der Waals surface area contributed by atoms with Gasteiger partial charge in [0.25, 0.3) is 0 Å². The van der Waals surface area contributed by atoms with Crippen LogP contribution < -0.4 is 0 Å². The SMILES string of the molecule is COCCCOC1CCC(c2[c]c[nH]n2)CC12CCCC2. The fourth-order valence-electron chi connectivity index (χ4n) is 4.36. The van der Waals surface area contributed by atoms with Gasteiger partial charge in [0.1, 0.15) is 0 Å². The van der Waals surface area contributed by atoms with Gasteiger partial charge in [0.15, 0.2) is 0 Å². The first-order chi connectivity index (χ1) is 10.3. The maximum absolute atomic E-state index is 6.27. The van der Waals surface area contributed by atoms with E-state index in [0.29, 0.717) is 17.4 Å². The van der Waals surface area contributed by atoms with Crippen LogP contribution in [-0.2, 0) is 9.47 Å². The Labute approximate surface area is 127 Å². The molecule has 1 N–H and O–H groups in total. The molecule has 4 heteroatoms. The molecule has 0 amide bonds. The van der Waals surface area contributed by atoms with Gasteiger partial charge in [-0.05, 0) is 43.9 Å². The third-order valence-electron chi connectivity index (χ3n) is 5.38. The topological polar surface area (TPSA) is 47.1 Å². The minimum absolute atomic E-state index is 0.392. The Morgan fingerprint density at radius 3 is 2.90 bits per heavy atom. The molecule has 1 radical (unpaired) electrons. The molecule has 21 heavy (non-hydrogen) atoms. The number of H-pyrrole nitrogens is 1. The molecule has 0 aliphatic heterocycles. The lowest BCUT2D eigenvalue weighted by atomic mass is 9.66. The van der Waals surface area contributed by atoms with Gasteiger partial charge in [-0.25, -0.2) is 0 Å². The summed E-state index contributed by atoms with van der Waals surface area (Å²) in [7, 11) is 1.75. The van der Waals surface area contributed by atoms with Crippen molar-refractivity contribution in [1.29, 1.82) is 0 Å². The Kier molecular flexibility index (Phi) is 4.96. The zero-order valence-electron chi connectivity index (χ0n) is 13.1. The van der Waals surface area contributed by atoms with E-state index in [1.54, 1.807) is 7.11 Å². The first-order valence-electron chi connectivity index (χ1n) is 8.36. The molecule has 2 aliphatic rings. The number of hydrogen-bond acceptors (Lipinski definition) is 3. The molecule has 2 atom stereocenters. The van der Waals surface area contributed by atoms with Gasteiger partial charge in [-0.15, -0.1) is 0 Å². The fraction of sp³-hybridized carbons (Fsp3) is 0.824. The maximum atomic E-state index is 6.27. The number of ether oxygens (including phenoxy) is 2. The van der Waals surface area contributed by atoms with Crippen LogP contribution in [0.3, 0.4) is 0 Å². The van der Waals surface area contributed by atoms with Crippen molar-refractivity contribution in [2.45, 2.75) is 63.4 Å². The molecule has 0 saturated heterocycles. The lowest BCUT2D eigenvalue weighted by Gasteiger charge is -2.44. The van der Waals surface area contributed by atoms with Gasteiger partial charge in [0.05, 0.1) is 11.8 Å². The first-order valence-corrected chi connectivity index (χ1v) is 8.36. The van der Waals surface area contributed by atoms with Gasteiger partial charge in [-0.1, -0.05) is 12.8 Å². The molecule has 2 fully saturated rings. The number of nitrogens with one attached hydrogen (secondary N) is 1. The number of aromatic amines is 1. The average Bonchev–Trinajstić information content (AvgIpc) is 3.17. The summed E-state index contributed by atoms with van der Waals surface area (Å²) < 4.78 is 11.4. The molecule has 3 rings (SSSR count). The second kappa shape index (κ2) is 6.93. The largest absolute Gasteiger partial charge is 0.385 e. The molecule has 117 valence electrons. The highest BCUT2D eigenvalue weighted by Gasteiger charge is 2.46. The van der Waals surface area contributed by atoms with Crippen LogP contribution in [-0.4, -0.2) is 36.6 Å². The Bertz CT molecular complexity index is 412. The van der Waals surface area contributed by atoms with E-state index in [0.717, 1.165) is 25.3 Å². The molecular weight excluding hydrogens is 264 g/mol. The third kappa shape index (κ3) is 3.32. The third-order valence-corrected chi connectivity index (χ3v) is 5.38. The Balaban J connectivity index is 1.62. The van der Waals surface area contributed by atoms with Crippen LogP contribution in [0.25, 0.3) is 0 Å². The van der Waals surface area contributed by atoms with E-state index in [-0.39, 0.29) is 0 Å². The second-order valence-corrected chi connectivity index (χ2v) is 6.67. The molecule has 1 aromatic rings. The summed E-state index contributed by atoms with van der Waals surface area (Å²) in [5, 5.41) is 7.28. The summed E-state index contributed by atoms with van der Waals surface area (Å²) in [4.78, 5) is 0. The van der Waals surface area contributed by atoms with E-state index in [2.05, 4.69) is 16.3 Å². The zero-order valence-corrected chi connectivity index (χ0v) is 13.1. The number of rotatable bonds is 6. The second-order valence-electron chi connectivity index (χ2n) is 6.67. The monoisotopic (exact) mass is 291 g/mol. The van der Waals surface area contributed by atoms with Gasteiger partial charge in [-0.3, -0.25) is 5.10 Å². The minimum Gasteiger partial charge on any atom is -0.385 e. The molecule has 1 spiro atoms. The molecule has 0 bridgehead atoms. The van der Waals surface area contributed by atoms with E-state index in [1.165, 1.54) is 44.9 Å². The van der Waals surface area contributed by atoms with Gasteiger partial charge < -0.3 is 9.47 Å². The normalized spacial score (nSPS) is 28.2. The average molecular weight is 291 g/mol. The summed E-state index contributed by atoms with van der Waals surface area (Å²) in [5.74, 6) is 0.563. The first kappa shape index (κ1) is 15.0. The van der Waals surface area contributed by atoms with E-state index in [1.807, 2.05) is 6.20 Å². The summed E-state index contributed by atoms with van der Waals surface area (Å²) in [6.07, 6.45) is 12.2. The molecule has 2 aliphatic carbocycles. The molecule has 4 nitrogen and oxygen atoms in total. The number of nitrogens with zero attached hydrogens (tertiary/aromatic N) is 1. The van der Waals surface area contributed by atoms with Crippen LogP contribution >= 0.6 is 0 Å².